The lowest BCUT2D eigenvalue weighted by atomic mass is 10.1. The van der Waals surface area contributed by atoms with Gasteiger partial charge in [0, 0.05) is 13.1 Å². The van der Waals surface area contributed by atoms with Gasteiger partial charge in [0.25, 0.3) is 0 Å². The van der Waals surface area contributed by atoms with Gasteiger partial charge in [0.1, 0.15) is 15.2 Å². The molecule has 0 unspecified atom stereocenters. The third-order valence-electron chi connectivity index (χ3n) is 4.24. The number of hydrogen-bond donors (Lipinski definition) is 2. The van der Waals surface area contributed by atoms with Crippen molar-refractivity contribution in [3.05, 3.63) is 77.1 Å². The van der Waals surface area contributed by atoms with Crippen LogP contribution in [0.1, 0.15) is 22.1 Å². The first-order valence-electron chi connectivity index (χ1n) is 8.80. The van der Waals surface area contributed by atoms with Gasteiger partial charge >= 0.3 is 11.8 Å². The molecule has 0 spiro atoms. The van der Waals surface area contributed by atoms with Crippen molar-refractivity contribution in [3.8, 4) is 0 Å². The Bertz CT molecular complexity index is 1060. The van der Waals surface area contributed by atoms with Crippen LogP contribution in [0.5, 0.6) is 0 Å². The number of benzene rings is 1. The molecule has 9 heteroatoms. The van der Waals surface area contributed by atoms with E-state index in [1.807, 2.05) is 31.2 Å². The van der Waals surface area contributed by atoms with Crippen molar-refractivity contribution in [1.82, 2.24) is 10.6 Å². The van der Waals surface area contributed by atoms with E-state index < -0.39 is 26.9 Å². The maximum atomic E-state index is 12.9. The molecule has 0 saturated heterocycles. The highest BCUT2D eigenvalue weighted by Gasteiger charge is 2.33. The molecule has 7 nitrogen and oxygen atoms in total. The second-order valence-corrected chi connectivity index (χ2v) is 9.66. The lowest BCUT2D eigenvalue weighted by Gasteiger charge is -2.15. The predicted octanol–water partition coefficient (Wildman–Crippen LogP) is 2.60. The number of aryl methyl sites for hydroxylation is 1. The summed E-state index contributed by atoms with van der Waals surface area (Å²) in [7, 11) is -3.78. The van der Waals surface area contributed by atoms with Crippen molar-refractivity contribution in [2.45, 2.75) is 22.9 Å². The molecule has 152 valence electrons. The number of hydrogen-bond acceptors (Lipinski definition) is 6. The molecule has 2 aromatic heterocycles. The van der Waals surface area contributed by atoms with E-state index in [1.54, 1.807) is 17.5 Å². The molecule has 2 heterocycles. The summed E-state index contributed by atoms with van der Waals surface area (Å²) < 4.78 is 31.2. The highest BCUT2D eigenvalue weighted by atomic mass is 32.2. The lowest BCUT2D eigenvalue weighted by Crippen LogP contribution is -2.42. The molecule has 2 amide bonds. The molecule has 0 bridgehead atoms. The van der Waals surface area contributed by atoms with Gasteiger partial charge in [0.05, 0.1) is 6.26 Å². The maximum Gasteiger partial charge on any atom is 0.309 e. The van der Waals surface area contributed by atoms with Crippen LogP contribution in [0.15, 0.2) is 68.8 Å². The molecule has 29 heavy (non-hydrogen) atoms. The topological polar surface area (TPSA) is 105 Å². The van der Waals surface area contributed by atoms with E-state index in [4.69, 9.17) is 4.42 Å². The van der Waals surface area contributed by atoms with Gasteiger partial charge in [-0.2, -0.15) is 0 Å². The summed E-state index contributed by atoms with van der Waals surface area (Å²) in [5.74, 6) is -1.55. The zero-order valence-electron chi connectivity index (χ0n) is 15.6. The van der Waals surface area contributed by atoms with Crippen LogP contribution < -0.4 is 10.6 Å². The van der Waals surface area contributed by atoms with Gasteiger partial charge in [-0.05, 0) is 36.1 Å². The molecule has 2 N–H and O–H groups in total. The van der Waals surface area contributed by atoms with Gasteiger partial charge in [0.15, 0.2) is 9.84 Å². The first-order chi connectivity index (χ1) is 13.9. The number of thiophene rings is 1. The quantitative estimate of drug-likeness (QED) is 0.558. The molecule has 0 radical (unpaired) electrons. The minimum Gasteiger partial charge on any atom is -0.468 e. The smallest absolute Gasteiger partial charge is 0.309 e. The van der Waals surface area contributed by atoms with Gasteiger partial charge in [-0.3, -0.25) is 9.59 Å². The minimum absolute atomic E-state index is 0.164. The van der Waals surface area contributed by atoms with E-state index in [0.29, 0.717) is 0 Å². The molecular formula is C20H20N2O5S2. The van der Waals surface area contributed by atoms with Crippen LogP contribution in [-0.4, -0.2) is 26.8 Å². The van der Waals surface area contributed by atoms with Crippen molar-refractivity contribution in [2.75, 3.05) is 6.54 Å². The van der Waals surface area contributed by atoms with Gasteiger partial charge in [0.2, 0.25) is 0 Å². The van der Waals surface area contributed by atoms with E-state index in [2.05, 4.69) is 10.6 Å². The Morgan fingerprint density at radius 3 is 2.38 bits per heavy atom. The Balaban J connectivity index is 1.64. The Labute approximate surface area is 172 Å². The Hall–Kier alpha value is -2.91. The Morgan fingerprint density at radius 2 is 1.76 bits per heavy atom. The highest BCUT2D eigenvalue weighted by Crippen LogP contribution is 2.31. The van der Waals surface area contributed by atoms with Gasteiger partial charge in [-0.15, -0.1) is 11.3 Å². The molecule has 1 atom stereocenters. The lowest BCUT2D eigenvalue weighted by molar-refractivity contribution is -0.139. The van der Waals surface area contributed by atoms with Crippen molar-refractivity contribution >= 4 is 33.0 Å². The number of carbonyl (C=O) groups is 2. The predicted molar refractivity (Wildman–Crippen MR) is 109 cm³/mol. The number of furan rings is 1. The van der Waals surface area contributed by atoms with E-state index >= 15 is 0 Å². The number of rotatable bonds is 7. The fourth-order valence-corrected chi connectivity index (χ4v) is 5.43. The van der Waals surface area contributed by atoms with Crippen molar-refractivity contribution < 1.29 is 22.4 Å². The summed E-state index contributed by atoms with van der Waals surface area (Å²) in [5.41, 5.74) is 1.94. The molecule has 0 saturated carbocycles. The minimum atomic E-state index is -3.78. The van der Waals surface area contributed by atoms with Gasteiger partial charge < -0.3 is 15.1 Å². The summed E-state index contributed by atoms with van der Waals surface area (Å²) in [5, 5.41) is 5.44. The Kier molecular flexibility index (Phi) is 6.50. The first kappa shape index (κ1) is 20.8. The van der Waals surface area contributed by atoms with Crippen molar-refractivity contribution in [2.24, 2.45) is 0 Å². The van der Waals surface area contributed by atoms with Gasteiger partial charge in [-0.1, -0.05) is 35.9 Å². The summed E-state index contributed by atoms with van der Waals surface area (Å²) >= 11 is 1.08. The van der Waals surface area contributed by atoms with Crippen LogP contribution in [0.2, 0.25) is 0 Å². The van der Waals surface area contributed by atoms with Crippen molar-refractivity contribution in [3.63, 3.8) is 0 Å². The number of nitrogens with one attached hydrogen (secondary N) is 2. The first-order valence-corrected chi connectivity index (χ1v) is 11.2. The zero-order chi connectivity index (χ0) is 20.9. The number of carbonyl (C=O) groups excluding carboxylic acids is 2. The number of sulfone groups is 1. The van der Waals surface area contributed by atoms with E-state index in [9.17, 15) is 18.0 Å². The van der Waals surface area contributed by atoms with Crippen molar-refractivity contribution in [1.29, 1.82) is 0 Å². The summed E-state index contributed by atoms with van der Waals surface area (Å²) in [6, 6.07) is 13.7. The van der Waals surface area contributed by atoms with Crippen LogP contribution in [0, 0.1) is 6.92 Å². The fraction of sp³-hybridized carbons (Fsp3) is 0.200. The summed E-state index contributed by atoms with van der Waals surface area (Å²) in [6.07, 6.45) is 1.36. The van der Waals surface area contributed by atoms with Gasteiger partial charge in [-0.25, -0.2) is 8.42 Å². The molecule has 0 aliphatic carbocycles. The monoisotopic (exact) mass is 432 g/mol. The van der Waals surface area contributed by atoms with E-state index in [0.717, 1.165) is 22.5 Å². The van der Waals surface area contributed by atoms with Crippen LogP contribution >= 0.6 is 11.3 Å². The average molecular weight is 433 g/mol. The highest BCUT2D eigenvalue weighted by molar-refractivity contribution is 7.93. The van der Waals surface area contributed by atoms with E-state index in [-0.39, 0.29) is 23.1 Å². The molecule has 1 aromatic carbocycles. The molecule has 3 rings (SSSR count). The normalized spacial score (nSPS) is 12.3. The average Bonchev–Trinajstić information content (AvgIpc) is 3.41. The third kappa shape index (κ3) is 5.12. The molecule has 0 aliphatic heterocycles. The second kappa shape index (κ2) is 9.06. The largest absolute Gasteiger partial charge is 0.468 e. The van der Waals surface area contributed by atoms with Crippen LogP contribution in [0.3, 0.4) is 0 Å². The molecule has 0 aliphatic rings. The van der Waals surface area contributed by atoms with Crippen LogP contribution in [0.25, 0.3) is 0 Å². The standard InChI is InChI=1S/C20H20N2O5S2/c1-14-6-8-15(9-7-14)12-21-19(23)20(24)22-13-17(16-4-2-10-27-16)29(25,26)18-5-3-11-28-18/h2-11,17H,12-13H2,1H3,(H,21,23)(H,22,24)/t17-/m1/s1. The third-order valence-corrected chi connectivity index (χ3v) is 7.73. The summed E-state index contributed by atoms with van der Waals surface area (Å²) in [4.78, 5) is 24.2. The Morgan fingerprint density at radius 1 is 1.03 bits per heavy atom. The molecular weight excluding hydrogens is 412 g/mol. The molecule has 3 aromatic rings. The van der Waals surface area contributed by atoms with Crippen LogP contribution in [-0.2, 0) is 26.0 Å². The van der Waals surface area contributed by atoms with E-state index in [1.165, 1.54) is 18.4 Å². The fourth-order valence-electron chi connectivity index (χ4n) is 2.64. The maximum absolute atomic E-state index is 12.9. The SMILES string of the molecule is Cc1ccc(CNC(=O)C(=O)NC[C@H](c2ccco2)S(=O)(=O)c2cccs2)cc1. The summed E-state index contributed by atoms with van der Waals surface area (Å²) in [6.45, 7) is 1.86. The zero-order valence-corrected chi connectivity index (χ0v) is 17.3. The van der Waals surface area contributed by atoms with Crippen LogP contribution in [0.4, 0.5) is 0 Å². The number of amides is 2. The second-order valence-electron chi connectivity index (χ2n) is 6.36. The molecule has 0 fully saturated rings.